The molecule has 1 aliphatic rings. The lowest BCUT2D eigenvalue weighted by molar-refractivity contribution is 0.0953. The van der Waals surface area contributed by atoms with Crippen LogP contribution < -0.4 is 5.32 Å². The predicted molar refractivity (Wildman–Crippen MR) is 60.0 cm³/mol. The molecule has 1 amide bonds. The minimum absolute atomic E-state index is 0.0599. The summed E-state index contributed by atoms with van der Waals surface area (Å²) >= 11 is 6.09. The molecule has 1 radical (unpaired) electrons. The van der Waals surface area contributed by atoms with Gasteiger partial charge in [0.1, 0.15) is 0 Å². The molecule has 1 aromatic rings. The quantitative estimate of drug-likeness (QED) is 0.778. The second kappa shape index (κ2) is 4.67. The molecule has 2 nitrogen and oxygen atoms in total. The molecule has 0 bridgehead atoms. The Morgan fingerprint density at radius 2 is 2.20 bits per heavy atom. The number of hydrogen-bond acceptors (Lipinski definition) is 1. The first-order chi connectivity index (χ1) is 7.27. The van der Waals surface area contributed by atoms with Crippen molar-refractivity contribution in [1.29, 1.82) is 0 Å². The van der Waals surface area contributed by atoms with Crippen LogP contribution in [0.3, 0.4) is 0 Å². The molecule has 2 rings (SSSR count). The largest absolute Gasteiger partial charge is 0.351 e. The number of amides is 1. The van der Waals surface area contributed by atoms with Gasteiger partial charge in [-0.15, -0.1) is 11.6 Å². The number of carbonyl (C=O) groups is 1. The van der Waals surface area contributed by atoms with E-state index in [4.69, 9.17) is 11.6 Å². The van der Waals surface area contributed by atoms with Crippen LogP contribution in [0.5, 0.6) is 0 Å². The van der Waals surface area contributed by atoms with E-state index in [9.17, 15) is 4.79 Å². The van der Waals surface area contributed by atoms with Crippen LogP contribution in [0.15, 0.2) is 24.3 Å². The zero-order valence-electron chi connectivity index (χ0n) is 8.37. The maximum absolute atomic E-state index is 11.6. The van der Waals surface area contributed by atoms with Crippen molar-refractivity contribution in [3.8, 4) is 0 Å². The molecule has 0 heterocycles. The van der Waals surface area contributed by atoms with Gasteiger partial charge in [-0.2, -0.15) is 0 Å². The molecule has 1 atom stereocenters. The summed E-state index contributed by atoms with van der Waals surface area (Å²) in [6.07, 6.45) is 2.40. The van der Waals surface area contributed by atoms with Crippen molar-refractivity contribution in [3.63, 3.8) is 0 Å². The highest BCUT2D eigenvalue weighted by molar-refractivity contribution is 6.21. The van der Waals surface area contributed by atoms with Gasteiger partial charge in [0.2, 0.25) is 0 Å². The Bertz CT molecular complexity index is 335. The highest BCUT2D eigenvalue weighted by atomic mass is 35.5. The average Bonchev–Trinajstić information content (AvgIpc) is 3.10. The monoisotopic (exact) mass is 222 g/mol. The van der Waals surface area contributed by atoms with Crippen LogP contribution >= 0.6 is 11.6 Å². The van der Waals surface area contributed by atoms with Gasteiger partial charge in [-0.05, 0) is 37.0 Å². The first kappa shape index (κ1) is 10.5. The van der Waals surface area contributed by atoms with Gasteiger partial charge in [0.25, 0.3) is 5.91 Å². The van der Waals surface area contributed by atoms with Crippen molar-refractivity contribution in [3.05, 3.63) is 35.9 Å². The maximum Gasteiger partial charge on any atom is 0.251 e. The molecule has 15 heavy (non-hydrogen) atoms. The van der Waals surface area contributed by atoms with Gasteiger partial charge < -0.3 is 5.32 Å². The predicted octanol–water partition coefficient (Wildman–Crippen LogP) is 2.23. The SMILES string of the molecule is O=C(NCC(Cl)C1CC1)c1cc[c]cc1. The van der Waals surface area contributed by atoms with E-state index in [1.165, 1.54) is 12.8 Å². The van der Waals surface area contributed by atoms with Crippen molar-refractivity contribution in [1.82, 2.24) is 5.32 Å². The zero-order valence-corrected chi connectivity index (χ0v) is 9.13. The topological polar surface area (TPSA) is 29.1 Å². The standard InChI is InChI=1S/C12H13ClNO/c13-11(9-6-7-9)8-14-12(15)10-4-2-1-3-5-10/h2-5,9,11H,6-8H2,(H,14,15). The summed E-state index contributed by atoms with van der Waals surface area (Å²) in [6, 6.07) is 9.83. The Balaban J connectivity index is 1.82. The van der Waals surface area contributed by atoms with Gasteiger partial charge in [0, 0.05) is 12.1 Å². The lowest BCUT2D eigenvalue weighted by atomic mass is 10.2. The van der Waals surface area contributed by atoms with Crippen molar-refractivity contribution in [2.45, 2.75) is 18.2 Å². The number of alkyl halides is 1. The van der Waals surface area contributed by atoms with Crippen LogP contribution in [0.4, 0.5) is 0 Å². The lowest BCUT2D eigenvalue weighted by Gasteiger charge is -2.09. The van der Waals surface area contributed by atoms with Crippen LogP contribution in [0.1, 0.15) is 23.2 Å². The summed E-state index contributed by atoms with van der Waals surface area (Å²) in [5.41, 5.74) is 0.661. The average molecular weight is 223 g/mol. The Hall–Kier alpha value is -1.02. The number of halogens is 1. The first-order valence-electron chi connectivity index (χ1n) is 5.16. The molecule has 1 saturated carbocycles. The summed E-state index contributed by atoms with van der Waals surface area (Å²) in [6.45, 7) is 0.559. The molecule has 1 N–H and O–H groups in total. The molecule has 1 unspecified atom stereocenters. The van der Waals surface area contributed by atoms with E-state index in [1.807, 2.05) is 0 Å². The third kappa shape index (κ3) is 2.96. The van der Waals surface area contributed by atoms with Crippen LogP contribution in [-0.4, -0.2) is 17.8 Å². The minimum Gasteiger partial charge on any atom is -0.351 e. The van der Waals surface area contributed by atoms with Crippen LogP contribution in [0, 0.1) is 12.0 Å². The van der Waals surface area contributed by atoms with Crippen molar-refractivity contribution in [2.24, 2.45) is 5.92 Å². The Morgan fingerprint density at radius 3 is 2.80 bits per heavy atom. The van der Waals surface area contributed by atoms with E-state index in [0.717, 1.165) is 0 Å². The van der Waals surface area contributed by atoms with Crippen LogP contribution in [0.2, 0.25) is 0 Å². The van der Waals surface area contributed by atoms with E-state index >= 15 is 0 Å². The van der Waals surface area contributed by atoms with Crippen molar-refractivity contribution in [2.75, 3.05) is 6.54 Å². The summed E-state index contributed by atoms with van der Waals surface area (Å²) in [5, 5.41) is 2.92. The van der Waals surface area contributed by atoms with E-state index in [-0.39, 0.29) is 11.3 Å². The molecule has 1 fully saturated rings. The van der Waals surface area contributed by atoms with Crippen LogP contribution in [-0.2, 0) is 0 Å². The summed E-state index contributed by atoms with van der Waals surface area (Å²) < 4.78 is 0. The van der Waals surface area contributed by atoms with E-state index in [2.05, 4.69) is 11.4 Å². The molecular formula is C12H13ClNO. The number of rotatable bonds is 4. The highest BCUT2D eigenvalue weighted by Crippen LogP contribution is 2.35. The number of benzene rings is 1. The van der Waals surface area contributed by atoms with Gasteiger partial charge in [0.05, 0.1) is 5.38 Å². The van der Waals surface area contributed by atoms with Gasteiger partial charge >= 0.3 is 0 Å². The van der Waals surface area contributed by atoms with Gasteiger partial charge in [-0.1, -0.05) is 12.1 Å². The van der Waals surface area contributed by atoms with Crippen molar-refractivity contribution < 1.29 is 4.79 Å². The molecule has 1 aromatic carbocycles. The zero-order chi connectivity index (χ0) is 10.7. The Kier molecular flexibility index (Phi) is 3.27. The minimum atomic E-state index is -0.0599. The maximum atomic E-state index is 11.6. The smallest absolute Gasteiger partial charge is 0.251 e. The van der Waals surface area contributed by atoms with Gasteiger partial charge in [-0.25, -0.2) is 0 Å². The van der Waals surface area contributed by atoms with Gasteiger partial charge in [-0.3, -0.25) is 4.79 Å². The third-order valence-corrected chi connectivity index (χ3v) is 3.08. The summed E-state index contributed by atoms with van der Waals surface area (Å²) in [4.78, 5) is 11.6. The van der Waals surface area contributed by atoms with Crippen LogP contribution in [0.25, 0.3) is 0 Å². The second-order valence-corrected chi connectivity index (χ2v) is 4.41. The van der Waals surface area contributed by atoms with Crippen molar-refractivity contribution >= 4 is 17.5 Å². The highest BCUT2D eigenvalue weighted by Gasteiger charge is 2.29. The molecule has 79 valence electrons. The normalized spacial score (nSPS) is 17.1. The molecule has 1 aliphatic carbocycles. The Labute approximate surface area is 94.6 Å². The molecule has 0 aliphatic heterocycles. The molecule has 3 heteroatoms. The molecule has 0 aromatic heterocycles. The van der Waals surface area contributed by atoms with E-state index in [0.29, 0.717) is 18.0 Å². The molecular weight excluding hydrogens is 210 g/mol. The number of carbonyl (C=O) groups excluding carboxylic acids is 1. The summed E-state index contributed by atoms with van der Waals surface area (Å²) in [7, 11) is 0. The fourth-order valence-electron chi connectivity index (χ4n) is 1.46. The van der Waals surface area contributed by atoms with E-state index < -0.39 is 0 Å². The molecule has 0 spiro atoms. The lowest BCUT2D eigenvalue weighted by Crippen LogP contribution is -2.30. The van der Waals surface area contributed by atoms with E-state index in [1.54, 1.807) is 24.3 Å². The fourth-order valence-corrected chi connectivity index (χ4v) is 1.78. The Morgan fingerprint density at radius 1 is 1.53 bits per heavy atom. The first-order valence-corrected chi connectivity index (χ1v) is 5.59. The molecule has 0 saturated heterocycles. The fraction of sp³-hybridized carbons (Fsp3) is 0.417. The third-order valence-electron chi connectivity index (χ3n) is 2.57. The summed E-state index contributed by atoms with van der Waals surface area (Å²) in [5.74, 6) is 0.548. The second-order valence-electron chi connectivity index (χ2n) is 3.85. The number of hydrogen-bond donors (Lipinski definition) is 1. The number of nitrogens with one attached hydrogen (secondary N) is 1. The van der Waals surface area contributed by atoms with Gasteiger partial charge in [0.15, 0.2) is 0 Å².